The second-order valence-corrected chi connectivity index (χ2v) is 13.9. The standard InChI is InChI=1S/C30H51O/c1-20(2)10-9-11-21(3)22-14-18-29(7)23(22)12-13-25-28(6)17-16-26(31)27(4,5)24(28)15-19-30(25,29)8/h10,22-26,31H,9,11-19H2,1-8H3/q+1/t22-,23+,24-,25+,26-,28-,29+,30+/m0/s1. The largest absolute Gasteiger partial charge is 0.393 e. The highest BCUT2D eigenvalue weighted by molar-refractivity contribution is 5.19. The highest BCUT2D eigenvalue weighted by Crippen LogP contribution is 2.75. The minimum absolute atomic E-state index is 0.0690. The third-order valence-corrected chi connectivity index (χ3v) is 12.1. The van der Waals surface area contributed by atoms with Gasteiger partial charge in [-0.25, -0.2) is 0 Å². The average Bonchev–Trinajstić information content (AvgIpc) is 3.03. The predicted molar refractivity (Wildman–Crippen MR) is 133 cm³/mol. The Morgan fingerprint density at radius 2 is 1.55 bits per heavy atom. The predicted octanol–water partition coefficient (Wildman–Crippen LogP) is 8.37. The zero-order valence-electron chi connectivity index (χ0n) is 22.0. The lowest BCUT2D eigenvalue weighted by Crippen LogP contribution is -2.63. The summed E-state index contributed by atoms with van der Waals surface area (Å²) in [6.07, 6.45) is 15.5. The minimum Gasteiger partial charge on any atom is -0.393 e. The van der Waals surface area contributed by atoms with E-state index in [0.29, 0.717) is 22.2 Å². The van der Waals surface area contributed by atoms with Crippen molar-refractivity contribution in [1.82, 2.24) is 0 Å². The maximum Gasteiger partial charge on any atom is 0.103 e. The Morgan fingerprint density at radius 1 is 0.871 bits per heavy atom. The Morgan fingerprint density at radius 3 is 2.23 bits per heavy atom. The molecule has 4 rings (SSSR count). The van der Waals surface area contributed by atoms with Crippen molar-refractivity contribution in [1.29, 1.82) is 0 Å². The van der Waals surface area contributed by atoms with Gasteiger partial charge in [0.1, 0.15) is 5.92 Å². The van der Waals surface area contributed by atoms with Crippen LogP contribution in [0.1, 0.15) is 120 Å². The van der Waals surface area contributed by atoms with E-state index in [1.54, 1.807) is 5.92 Å². The van der Waals surface area contributed by atoms with E-state index < -0.39 is 0 Å². The molecule has 0 unspecified atom stereocenters. The van der Waals surface area contributed by atoms with Crippen LogP contribution in [0.3, 0.4) is 0 Å². The zero-order valence-corrected chi connectivity index (χ0v) is 22.0. The summed E-state index contributed by atoms with van der Waals surface area (Å²) in [7, 11) is 0. The Labute approximate surface area is 193 Å². The van der Waals surface area contributed by atoms with Gasteiger partial charge in [0.2, 0.25) is 0 Å². The molecule has 1 nitrogen and oxygen atoms in total. The fraction of sp³-hybridized carbons (Fsp3) is 0.900. The molecule has 4 saturated carbocycles. The molecule has 0 amide bonds. The summed E-state index contributed by atoms with van der Waals surface area (Å²) in [6, 6.07) is 0. The van der Waals surface area contributed by atoms with E-state index in [4.69, 9.17) is 0 Å². The molecule has 8 atom stereocenters. The van der Waals surface area contributed by atoms with Gasteiger partial charge in [-0.3, -0.25) is 0 Å². The molecule has 0 spiro atoms. The number of aliphatic hydroxyl groups excluding tert-OH is 1. The van der Waals surface area contributed by atoms with Crippen LogP contribution in [-0.4, -0.2) is 11.2 Å². The number of fused-ring (bicyclic) bond motifs is 5. The monoisotopic (exact) mass is 427 g/mol. The molecule has 0 aromatic carbocycles. The Balaban J connectivity index is 1.58. The van der Waals surface area contributed by atoms with Crippen molar-refractivity contribution in [2.24, 2.45) is 45.3 Å². The highest BCUT2D eigenvalue weighted by Gasteiger charge is 2.69. The van der Waals surface area contributed by atoms with Crippen LogP contribution in [0.2, 0.25) is 0 Å². The topological polar surface area (TPSA) is 20.2 Å². The molecule has 0 radical (unpaired) electrons. The van der Waals surface area contributed by atoms with Crippen LogP contribution in [0.5, 0.6) is 0 Å². The molecule has 0 aromatic rings. The third-order valence-electron chi connectivity index (χ3n) is 12.1. The number of hydrogen-bond acceptors (Lipinski definition) is 1. The highest BCUT2D eigenvalue weighted by atomic mass is 16.3. The molecule has 4 aliphatic carbocycles. The first-order chi connectivity index (χ1) is 14.4. The Bertz CT molecular complexity index is 701. The van der Waals surface area contributed by atoms with Crippen LogP contribution < -0.4 is 0 Å². The maximum atomic E-state index is 10.8. The van der Waals surface area contributed by atoms with Crippen LogP contribution in [0.25, 0.3) is 0 Å². The minimum atomic E-state index is -0.115. The molecule has 0 bridgehead atoms. The van der Waals surface area contributed by atoms with Crippen LogP contribution in [0, 0.1) is 51.2 Å². The molecule has 4 aliphatic rings. The summed E-state index contributed by atoms with van der Waals surface area (Å²) < 4.78 is 0. The van der Waals surface area contributed by atoms with Gasteiger partial charge >= 0.3 is 0 Å². The first-order valence-electron chi connectivity index (χ1n) is 13.5. The van der Waals surface area contributed by atoms with Gasteiger partial charge in [-0.2, -0.15) is 0 Å². The average molecular weight is 428 g/mol. The summed E-state index contributed by atoms with van der Waals surface area (Å²) in [5, 5.41) is 10.8. The normalized spacial score (nSPS) is 48.4. The molecule has 4 fully saturated rings. The first kappa shape index (κ1) is 23.7. The van der Waals surface area contributed by atoms with Gasteiger partial charge in [-0.15, -0.1) is 0 Å². The van der Waals surface area contributed by atoms with Crippen molar-refractivity contribution in [2.45, 2.75) is 126 Å². The van der Waals surface area contributed by atoms with Gasteiger partial charge in [0.05, 0.1) is 25.4 Å². The van der Waals surface area contributed by atoms with E-state index in [-0.39, 0.29) is 11.5 Å². The lowest BCUT2D eigenvalue weighted by molar-refractivity contribution is -0.221. The molecule has 0 saturated heterocycles. The molecular formula is C30H51O+. The van der Waals surface area contributed by atoms with E-state index >= 15 is 0 Å². The van der Waals surface area contributed by atoms with Gasteiger partial charge in [0, 0.05) is 12.3 Å². The molecule has 31 heavy (non-hydrogen) atoms. The Hall–Kier alpha value is -0.430. The van der Waals surface area contributed by atoms with Crippen LogP contribution in [0.15, 0.2) is 11.6 Å². The fourth-order valence-corrected chi connectivity index (χ4v) is 10.1. The quantitative estimate of drug-likeness (QED) is 0.353. The summed E-state index contributed by atoms with van der Waals surface area (Å²) >= 11 is 0. The first-order valence-corrected chi connectivity index (χ1v) is 13.5. The summed E-state index contributed by atoms with van der Waals surface area (Å²) in [5.41, 5.74) is 2.90. The van der Waals surface area contributed by atoms with Crippen LogP contribution in [0.4, 0.5) is 0 Å². The summed E-state index contributed by atoms with van der Waals surface area (Å²) in [6.45, 7) is 19.7. The van der Waals surface area contributed by atoms with E-state index in [0.717, 1.165) is 24.2 Å². The van der Waals surface area contributed by atoms with Crippen LogP contribution in [-0.2, 0) is 0 Å². The van der Waals surface area contributed by atoms with Crippen molar-refractivity contribution in [3.63, 3.8) is 0 Å². The molecule has 1 N–H and O–H groups in total. The molecule has 1 heteroatoms. The molecule has 0 heterocycles. The summed E-state index contributed by atoms with van der Waals surface area (Å²) in [4.78, 5) is 0. The molecule has 0 aromatic heterocycles. The van der Waals surface area contributed by atoms with E-state index in [1.807, 2.05) is 0 Å². The van der Waals surface area contributed by atoms with Crippen molar-refractivity contribution < 1.29 is 5.11 Å². The van der Waals surface area contributed by atoms with Crippen molar-refractivity contribution in [2.75, 3.05) is 0 Å². The van der Waals surface area contributed by atoms with Gasteiger partial charge in [-0.1, -0.05) is 46.3 Å². The Kier molecular flexibility index (Phi) is 5.98. The number of hydrogen-bond donors (Lipinski definition) is 1. The lowest BCUT2D eigenvalue weighted by Gasteiger charge is -2.69. The molecular weight excluding hydrogens is 376 g/mol. The fourth-order valence-electron chi connectivity index (χ4n) is 10.1. The molecule has 0 aliphatic heterocycles. The van der Waals surface area contributed by atoms with Gasteiger partial charge in [0.25, 0.3) is 0 Å². The van der Waals surface area contributed by atoms with Gasteiger partial charge in [0.15, 0.2) is 0 Å². The van der Waals surface area contributed by atoms with Crippen molar-refractivity contribution in [3.8, 4) is 0 Å². The van der Waals surface area contributed by atoms with Crippen molar-refractivity contribution in [3.05, 3.63) is 17.6 Å². The SMILES string of the molecule is CC(C)=CCC[C+](C)[C@@H]1CC[C@]2(C)[C@@H]1CC[C@@H]1[C@@]3(C)CC[C@H](O)C(C)(C)[C@@H]3CC[C@]12C. The number of aliphatic hydroxyl groups is 1. The second kappa shape index (κ2) is 7.82. The molecule has 176 valence electrons. The van der Waals surface area contributed by atoms with E-state index in [2.05, 4.69) is 61.5 Å². The maximum absolute atomic E-state index is 10.8. The lowest BCUT2D eigenvalue weighted by atomic mass is 9.35. The van der Waals surface area contributed by atoms with Crippen LogP contribution >= 0.6 is 0 Å². The second-order valence-electron chi connectivity index (χ2n) is 13.9. The number of rotatable bonds is 4. The number of allylic oxidation sites excluding steroid dienone is 2. The zero-order chi connectivity index (χ0) is 22.8. The van der Waals surface area contributed by atoms with E-state index in [9.17, 15) is 5.11 Å². The smallest absolute Gasteiger partial charge is 0.103 e. The summed E-state index contributed by atoms with van der Waals surface area (Å²) in [5.74, 6) is 5.04. The van der Waals surface area contributed by atoms with E-state index in [1.165, 1.54) is 63.4 Å². The van der Waals surface area contributed by atoms with Gasteiger partial charge in [-0.05, 0) is 98.7 Å². The van der Waals surface area contributed by atoms with Crippen molar-refractivity contribution >= 4 is 0 Å². The third kappa shape index (κ3) is 3.38. The van der Waals surface area contributed by atoms with Gasteiger partial charge < -0.3 is 5.11 Å².